The first-order valence-corrected chi connectivity index (χ1v) is 9.35. The summed E-state index contributed by atoms with van der Waals surface area (Å²) in [7, 11) is 1.73. The molecule has 0 atom stereocenters. The lowest BCUT2D eigenvalue weighted by molar-refractivity contribution is 0.627. The second-order valence-electron chi connectivity index (χ2n) is 6.81. The van der Waals surface area contributed by atoms with E-state index >= 15 is 0 Å². The minimum Gasteiger partial charge on any atom is -0.381 e. The summed E-state index contributed by atoms with van der Waals surface area (Å²) >= 11 is 0. The van der Waals surface area contributed by atoms with Gasteiger partial charge in [-0.2, -0.15) is 5.10 Å². The van der Waals surface area contributed by atoms with Gasteiger partial charge in [-0.3, -0.25) is 4.79 Å². The number of pyridine rings is 1. The van der Waals surface area contributed by atoms with E-state index < -0.39 is 0 Å². The van der Waals surface area contributed by atoms with Gasteiger partial charge in [-0.05, 0) is 48.9 Å². The Labute approximate surface area is 167 Å². The Morgan fingerprint density at radius 2 is 1.97 bits per heavy atom. The molecule has 0 saturated heterocycles. The molecular weight excluding hydrogens is 367 g/mol. The van der Waals surface area contributed by atoms with Gasteiger partial charge in [-0.25, -0.2) is 9.07 Å². The average Bonchev–Trinajstić information content (AvgIpc) is 3.16. The molecule has 146 valence electrons. The molecule has 0 aliphatic rings. The van der Waals surface area contributed by atoms with Gasteiger partial charge < -0.3 is 9.88 Å². The zero-order chi connectivity index (χ0) is 20.4. The standard InChI is InChI=1S/C23H21FN4O/c1-3-21(25-14-16-11-12-27(2)23(29)13-16)19-5-4-6-22-20(19)15-26-28(22)18-9-7-17(24)8-10-18/h3-13,15,25H,14H2,1-2H3/b21-3-. The summed E-state index contributed by atoms with van der Waals surface area (Å²) in [4.78, 5) is 11.8. The lowest BCUT2D eigenvalue weighted by atomic mass is 10.1. The van der Waals surface area contributed by atoms with E-state index in [9.17, 15) is 9.18 Å². The van der Waals surface area contributed by atoms with Gasteiger partial charge in [-0.1, -0.05) is 18.2 Å². The van der Waals surface area contributed by atoms with E-state index in [1.165, 1.54) is 12.1 Å². The highest BCUT2D eigenvalue weighted by atomic mass is 19.1. The highest BCUT2D eigenvalue weighted by molar-refractivity contribution is 5.92. The first-order valence-electron chi connectivity index (χ1n) is 9.35. The summed E-state index contributed by atoms with van der Waals surface area (Å²) in [6, 6.07) is 15.8. The van der Waals surface area contributed by atoms with Crippen LogP contribution < -0.4 is 10.9 Å². The van der Waals surface area contributed by atoms with Crippen LogP contribution in [0.3, 0.4) is 0 Å². The maximum atomic E-state index is 13.3. The quantitative estimate of drug-likeness (QED) is 0.562. The lowest BCUT2D eigenvalue weighted by Gasteiger charge is -2.13. The van der Waals surface area contributed by atoms with Gasteiger partial charge in [0, 0.05) is 42.5 Å². The predicted octanol–water partition coefficient (Wildman–Crippen LogP) is 4.01. The van der Waals surface area contributed by atoms with Crippen molar-refractivity contribution in [1.82, 2.24) is 19.7 Å². The van der Waals surface area contributed by atoms with Crippen LogP contribution >= 0.6 is 0 Å². The van der Waals surface area contributed by atoms with Crippen molar-refractivity contribution in [3.8, 4) is 5.69 Å². The molecule has 0 fully saturated rings. The second kappa shape index (κ2) is 7.75. The zero-order valence-electron chi connectivity index (χ0n) is 16.3. The van der Waals surface area contributed by atoms with Crippen molar-refractivity contribution in [3.63, 3.8) is 0 Å². The van der Waals surface area contributed by atoms with E-state index in [0.717, 1.165) is 33.4 Å². The van der Waals surface area contributed by atoms with E-state index in [1.807, 2.05) is 43.5 Å². The number of aromatic nitrogens is 3. The Morgan fingerprint density at radius 3 is 2.69 bits per heavy atom. The van der Waals surface area contributed by atoms with Crippen LogP contribution in [0.5, 0.6) is 0 Å². The van der Waals surface area contributed by atoms with Crippen LogP contribution in [0.4, 0.5) is 4.39 Å². The smallest absolute Gasteiger partial charge is 0.250 e. The third-order valence-corrected chi connectivity index (χ3v) is 4.92. The van der Waals surface area contributed by atoms with E-state index in [1.54, 1.807) is 40.7 Å². The minimum absolute atomic E-state index is 0.0333. The molecule has 29 heavy (non-hydrogen) atoms. The highest BCUT2D eigenvalue weighted by Crippen LogP contribution is 2.26. The molecule has 0 bridgehead atoms. The number of aryl methyl sites for hydroxylation is 1. The Morgan fingerprint density at radius 1 is 1.17 bits per heavy atom. The normalized spacial score (nSPS) is 11.8. The van der Waals surface area contributed by atoms with Crippen LogP contribution in [0, 0.1) is 5.82 Å². The molecule has 6 heteroatoms. The number of rotatable bonds is 5. The van der Waals surface area contributed by atoms with Gasteiger partial charge in [0.15, 0.2) is 0 Å². The van der Waals surface area contributed by atoms with Crippen LogP contribution in [-0.4, -0.2) is 14.3 Å². The summed E-state index contributed by atoms with van der Waals surface area (Å²) in [5, 5.41) is 8.92. The molecule has 2 aromatic heterocycles. The van der Waals surface area contributed by atoms with Crippen LogP contribution in [0.1, 0.15) is 18.1 Å². The molecule has 0 aliphatic heterocycles. The molecule has 0 unspecified atom stereocenters. The maximum Gasteiger partial charge on any atom is 0.250 e. The van der Waals surface area contributed by atoms with Crippen LogP contribution in [-0.2, 0) is 13.6 Å². The Hall–Kier alpha value is -3.67. The highest BCUT2D eigenvalue weighted by Gasteiger charge is 2.11. The van der Waals surface area contributed by atoms with E-state index in [2.05, 4.69) is 10.4 Å². The Bertz CT molecular complexity index is 1250. The molecule has 4 rings (SSSR count). The largest absolute Gasteiger partial charge is 0.381 e. The van der Waals surface area contributed by atoms with E-state index in [0.29, 0.717) is 6.54 Å². The molecule has 2 heterocycles. The van der Waals surface area contributed by atoms with Gasteiger partial charge in [0.2, 0.25) is 0 Å². The fraction of sp³-hybridized carbons (Fsp3) is 0.130. The molecule has 0 radical (unpaired) electrons. The van der Waals surface area contributed by atoms with Crippen molar-refractivity contribution in [2.24, 2.45) is 7.05 Å². The minimum atomic E-state index is -0.276. The fourth-order valence-electron chi connectivity index (χ4n) is 3.32. The third-order valence-electron chi connectivity index (χ3n) is 4.92. The van der Waals surface area contributed by atoms with Crippen molar-refractivity contribution in [2.45, 2.75) is 13.5 Å². The number of allylic oxidation sites excluding steroid dienone is 1. The van der Waals surface area contributed by atoms with Crippen molar-refractivity contribution in [3.05, 3.63) is 100 Å². The van der Waals surface area contributed by atoms with Gasteiger partial charge >= 0.3 is 0 Å². The van der Waals surface area contributed by atoms with Gasteiger partial charge in [0.25, 0.3) is 5.56 Å². The molecule has 0 amide bonds. The van der Waals surface area contributed by atoms with Crippen LogP contribution in [0.25, 0.3) is 22.3 Å². The lowest BCUT2D eigenvalue weighted by Crippen LogP contribution is -2.18. The predicted molar refractivity (Wildman–Crippen MR) is 113 cm³/mol. The third kappa shape index (κ3) is 3.69. The summed E-state index contributed by atoms with van der Waals surface area (Å²) in [6.07, 6.45) is 5.59. The number of halogens is 1. The van der Waals surface area contributed by atoms with Crippen molar-refractivity contribution >= 4 is 16.6 Å². The molecule has 0 spiro atoms. The molecule has 4 aromatic rings. The second-order valence-corrected chi connectivity index (χ2v) is 6.81. The Balaban J connectivity index is 1.66. The van der Waals surface area contributed by atoms with Crippen molar-refractivity contribution < 1.29 is 4.39 Å². The topological polar surface area (TPSA) is 51.9 Å². The summed E-state index contributed by atoms with van der Waals surface area (Å²) in [5.74, 6) is -0.276. The van der Waals surface area contributed by atoms with Crippen LogP contribution in [0.15, 0.2) is 77.9 Å². The van der Waals surface area contributed by atoms with Crippen LogP contribution in [0.2, 0.25) is 0 Å². The first kappa shape index (κ1) is 18.7. The number of fused-ring (bicyclic) bond motifs is 1. The fourth-order valence-corrected chi connectivity index (χ4v) is 3.32. The molecular formula is C23H21FN4O. The SMILES string of the molecule is C/C=C(\NCc1ccn(C)c(=O)c1)c1cccc2c1cnn2-c1ccc(F)cc1. The summed E-state index contributed by atoms with van der Waals surface area (Å²) in [5.41, 5.74) is 4.59. The molecule has 5 nitrogen and oxygen atoms in total. The monoisotopic (exact) mass is 388 g/mol. The van der Waals surface area contributed by atoms with E-state index in [4.69, 9.17) is 0 Å². The number of hydrogen-bond donors (Lipinski definition) is 1. The van der Waals surface area contributed by atoms with Gasteiger partial charge in [-0.15, -0.1) is 0 Å². The molecule has 2 aromatic carbocycles. The molecule has 0 saturated carbocycles. The molecule has 1 N–H and O–H groups in total. The number of benzene rings is 2. The summed E-state index contributed by atoms with van der Waals surface area (Å²) < 4.78 is 16.6. The van der Waals surface area contributed by atoms with Crippen molar-refractivity contribution in [2.75, 3.05) is 0 Å². The molecule has 0 aliphatic carbocycles. The Kier molecular flexibility index (Phi) is 4.99. The van der Waals surface area contributed by atoms with Gasteiger partial charge in [0.1, 0.15) is 5.82 Å². The number of hydrogen-bond acceptors (Lipinski definition) is 3. The maximum absolute atomic E-state index is 13.3. The van der Waals surface area contributed by atoms with Crippen molar-refractivity contribution in [1.29, 1.82) is 0 Å². The van der Waals surface area contributed by atoms with E-state index in [-0.39, 0.29) is 11.4 Å². The average molecular weight is 388 g/mol. The zero-order valence-corrected chi connectivity index (χ0v) is 16.3. The number of nitrogens with one attached hydrogen (secondary N) is 1. The summed E-state index contributed by atoms with van der Waals surface area (Å²) in [6.45, 7) is 2.51. The first-order chi connectivity index (χ1) is 14.1. The number of nitrogens with zero attached hydrogens (tertiary/aromatic N) is 3. The van der Waals surface area contributed by atoms with Gasteiger partial charge in [0.05, 0.1) is 17.4 Å².